The molecule has 4 heterocycles. The van der Waals surface area contributed by atoms with Crippen LogP contribution in [0.25, 0.3) is 108 Å². The molecule has 6 heteroatoms. The van der Waals surface area contributed by atoms with Crippen LogP contribution in [0, 0.1) is 0 Å². The van der Waals surface area contributed by atoms with E-state index >= 15 is 0 Å². The summed E-state index contributed by atoms with van der Waals surface area (Å²) in [4.78, 5) is 10.4. The first-order valence-corrected chi connectivity index (χ1v) is 21.7. The van der Waals surface area contributed by atoms with E-state index in [1.807, 2.05) is 0 Å². The van der Waals surface area contributed by atoms with Gasteiger partial charge in [0.05, 0.1) is 42.9 Å². The van der Waals surface area contributed by atoms with Gasteiger partial charge in [-0.05, 0) is 82.9 Å². The Bertz CT molecular complexity index is 3220. The number of hydrogen-bond donors (Lipinski definition) is 0. The van der Waals surface area contributed by atoms with Gasteiger partial charge in [0.25, 0.3) is 0 Å². The summed E-state index contributed by atoms with van der Waals surface area (Å²) in [7, 11) is 0. The maximum absolute atomic E-state index is 5.20. The summed E-state index contributed by atoms with van der Waals surface area (Å²) in [6, 6.07) is 73.7. The van der Waals surface area contributed by atoms with Crippen molar-refractivity contribution in [3.63, 3.8) is 0 Å². The second-order valence-electron chi connectivity index (χ2n) is 15.0. The van der Waals surface area contributed by atoms with Crippen LogP contribution in [-0.4, -0.2) is 19.1 Å². The summed E-state index contributed by atoms with van der Waals surface area (Å²) in [5.74, 6) is 0. The van der Waals surface area contributed by atoms with Crippen LogP contribution in [0.1, 0.15) is 0 Å². The van der Waals surface area contributed by atoms with E-state index in [0.29, 0.717) is 0 Å². The summed E-state index contributed by atoms with van der Waals surface area (Å²) in [5, 5.41) is 4.42. The highest BCUT2D eigenvalue weighted by atomic mass is 32.1. The molecule has 4 nitrogen and oxygen atoms in total. The Morgan fingerprint density at radius 1 is 0.317 bits per heavy atom. The zero-order valence-corrected chi connectivity index (χ0v) is 33.9. The molecular weight excluding hydrogens is 769 g/mol. The van der Waals surface area contributed by atoms with E-state index in [1.54, 1.807) is 22.7 Å². The second kappa shape index (κ2) is 14.2. The number of fused-ring (bicyclic) bond motifs is 4. The van der Waals surface area contributed by atoms with Gasteiger partial charge in [0, 0.05) is 33.3 Å². The fraction of sp³-hybridized carbons (Fsp3) is 0. The van der Waals surface area contributed by atoms with Crippen molar-refractivity contribution in [1.82, 2.24) is 19.1 Å². The van der Waals surface area contributed by atoms with Crippen molar-refractivity contribution in [2.45, 2.75) is 0 Å². The lowest BCUT2D eigenvalue weighted by Gasteiger charge is -2.14. The Labute approximate surface area is 354 Å². The van der Waals surface area contributed by atoms with Crippen LogP contribution >= 0.6 is 22.7 Å². The molecular formula is C54H34N4S2. The molecule has 0 atom stereocenters. The van der Waals surface area contributed by atoms with Gasteiger partial charge in [-0.25, -0.2) is 9.97 Å². The largest absolute Gasteiger partial charge is 0.309 e. The standard InChI is InChI=1S/C54H34N4S2/c1-3-15-39(16-4-1)57-45-23-11-7-19-41(45)49(53-55-43-21-9-13-25-47(43)59-53)51(57)37-31-27-35(28-32-37)36-29-33-38(34-30-36)52-50(54-56-44-22-10-14-26-48(44)60-54)42-20-8-12-24-46(42)58(52)40-17-5-2-6-18-40/h1-34H. The predicted molar refractivity (Wildman–Crippen MR) is 254 cm³/mol. The van der Waals surface area contributed by atoms with Crippen LogP contribution in [0.5, 0.6) is 0 Å². The Kier molecular flexibility index (Phi) is 8.18. The van der Waals surface area contributed by atoms with Gasteiger partial charge in [-0.15, -0.1) is 22.7 Å². The van der Waals surface area contributed by atoms with Crippen LogP contribution in [0.4, 0.5) is 0 Å². The Hall–Kier alpha value is -7.38. The van der Waals surface area contributed by atoms with Gasteiger partial charge in [-0.3, -0.25) is 0 Å². The minimum atomic E-state index is 1.02. The third-order valence-corrected chi connectivity index (χ3v) is 13.6. The third kappa shape index (κ3) is 5.64. The monoisotopic (exact) mass is 802 g/mol. The van der Waals surface area contributed by atoms with Gasteiger partial charge in [0.2, 0.25) is 0 Å². The average molecular weight is 803 g/mol. The number of aromatic nitrogens is 4. The van der Waals surface area contributed by atoms with Gasteiger partial charge < -0.3 is 9.13 Å². The van der Waals surface area contributed by atoms with Crippen LogP contribution in [0.3, 0.4) is 0 Å². The summed E-state index contributed by atoms with van der Waals surface area (Å²) in [6.07, 6.45) is 0. The molecule has 0 spiro atoms. The molecule has 0 saturated heterocycles. The minimum Gasteiger partial charge on any atom is -0.309 e. The van der Waals surface area contributed by atoms with E-state index < -0.39 is 0 Å². The lowest BCUT2D eigenvalue weighted by atomic mass is 9.98. The maximum Gasteiger partial charge on any atom is 0.127 e. The van der Waals surface area contributed by atoms with Gasteiger partial charge >= 0.3 is 0 Å². The first-order valence-electron chi connectivity index (χ1n) is 20.1. The Morgan fingerprint density at radius 2 is 0.667 bits per heavy atom. The predicted octanol–water partition coefficient (Wildman–Crippen LogP) is 15.1. The molecule has 0 fully saturated rings. The molecule has 4 aromatic heterocycles. The number of hydrogen-bond acceptors (Lipinski definition) is 4. The molecule has 0 unspecified atom stereocenters. The zero-order valence-electron chi connectivity index (χ0n) is 32.2. The molecule has 0 radical (unpaired) electrons. The van der Waals surface area contributed by atoms with Crippen molar-refractivity contribution in [3.8, 4) is 66.2 Å². The van der Waals surface area contributed by atoms with E-state index in [0.717, 1.165) is 88.2 Å². The number of benzene rings is 8. The quantitative estimate of drug-likeness (QED) is 0.161. The molecule has 0 saturated carbocycles. The van der Waals surface area contributed by atoms with E-state index in [1.165, 1.54) is 20.2 Å². The van der Waals surface area contributed by atoms with E-state index in [9.17, 15) is 0 Å². The molecule has 0 aliphatic heterocycles. The van der Waals surface area contributed by atoms with E-state index in [2.05, 4.69) is 215 Å². The highest BCUT2D eigenvalue weighted by molar-refractivity contribution is 7.22. The fourth-order valence-corrected chi connectivity index (χ4v) is 10.8. The highest BCUT2D eigenvalue weighted by Crippen LogP contribution is 2.47. The van der Waals surface area contributed by atoms with Crippen LogP contribution in [0.15, 0.2) is 206 Å². The Morgan fingerprint density at radius 3 is 1.08 bits per heavy atom. The number of nitrogens with zero attached hydrogens (tertiary/aromatic N) is 4. The first kappa shape index (κ1) is 34.6. The molecule has 8 aromatic carbocycles. The number of thiazole rings is 2. The third-order valence-electron chi connectivity index (χ3n) is 11.4. The molecule has 0 aliphatic carbocycles. The lowest BCUT2D eigenvalue weighted by Crippen LogP contribution is -1.97. The summed E-state index contributed by atoms with van der Waals surface area (Å²) < 4.78 is 7.17. The van der Waals surface area contributed by atoms with Crippen molar-refractivity contribution in [3.05, 3.63) is 206 Å². The Balaban J connectivity index is 0.995. The van der Waals surface area contributed by atoms with Gasteiger partial charge in [0.15, 0.2) is 0 Å². The summed E-state index contributed by atoms with van der Waals surface area (Å²) >= 11 is 3.51. The van der Waals surface area contributed by atoms with Gasteiger partial charge in [-0.2, -0.15) is 0 Å². The molecule has 0 amide bonds. The number of para-hydroxylation sites is 6. The van der Waals surface area contributed by atoms with Crippen LogP contribution in [-0.2, 0) is 0 Å². The van der Waals surface area contributed by atoms with Crippen molar-refractivity contribution in [2.24, 2.45) is 0 Å². The normalized spacial score (nSPS) is 11.7. The first-order chi connectivity index (χ1) is 29.8. The molecule has 282 valence electrons. The molecule has 0 bridgehead atoms. The van der Waals surface area contributed by atoms with E-state index in [-0.39, 0.29) is 0 Å². The zero-order chi connectivity index (χ0) is 39.6. The molecule has 12 rings (SSSR count). The second-order valence-corrected chi connectivity index (χ2v) is 17.0. The van der Waals surface area contributed by atoms with Gasteiger partial charge in [0.1, 0.15) is 10.0 Å². The smallest absolute Gasteiger partial charge is 0.127 e. The van der Waals surface area contributed by atoms with Crippen LogP contribution < -0.4 is 0 Å². The highest BCUT2D eigenvalue weighted by Gasteiger charge is 2.25. The molecule has 0 aliphatic rings. The van der Waals surface area contributed by atoms with E-state index in [4.69, 9.17) is 9.97 Å². The lowest BCUT2D eigenvalue weighted by molar-refractivity contribution is 1.13. The van der Waals surface area contributed by atoms with Crippen molar-refractivity contribution in [1.29, 1.82) is 0 Å². The number of rotatable bonds is 7. The summed E-state index contributed by atoms with van der Waals surface area (Å²) in [6.45, 7) is 0. The van der Waals surface area contributed by atoms with Crippen molar-refractivity contribution < 1.29 is 0 Å². The average Bonchev–Trinajstić information content (AvgIpc) is 4.10. The van der Waals surface area contributed by atoms with Crippen molar-refractivity contribution >= 4 is 64.9 Å². The summed E-state index contributed by atoms with van der Waals surface area (Å²) in [5.41, 5.74) is 15.8. The molecule has 12 aromatic rings. The van der Waals surface area contributed by atoms with Crippen LogP contribution in [0.2, 0.25) is 0 Å². The minimum absolute atomic E-state index is 1.02. The maximum atomic E-state index is 5.20. The molecule has 60 heavy (non-hydrogen) atoms. The fourth-order valence-electron chi connectivity index (χ4n) is 8.75. The van der Waals surface area contributed by atoms with Crippen molar-refractivity contribution in [2.75, 3.05) is 0 Å². The van der Waals surface area contributed by atoms with Gasteiger partial charge in [-0.1, -0.05) is 146 Å². The topological polar surface area (TPSA) is 35.6 Å². The molecule has 0 N–H and O–H groups in total. The SMILES string of the molecule is c1ccc(-n2c(-c3ccc(-c4ccc(-c5c(-c6nc7ccccc7s6)c6ccccc6n5-c5ccccc5)cc4)cc3)c(-c3nc4ccccc4s3)c3ccccc32)cc1.